The van der Waals surface area contributed by atoms with Gasteiger partial charge in [-0.15, -0.1) is 0 Å². The first-order valence-corrected chi connectivity index (χ1v) is 14.0. The van der Waals surface area contributed by atoms with Crippen molar-refractivity contribution in [2.45, 2.75) is 93.7 Å². The Balaban J connectivity index is 2.85. The molecule has 14 heteroatoms. The largest absolute Gasteiger partial charge is 0.493 e. The van der Waals surface area contributed by atoms with Gasteiger partial charge in [-0.05, 0) is 51.1 Å². The highest BCUT2D eigenvalue weighted by molar-refractivity contribution is 7.80. The van der Waals surface area contributed by atoms with E-state index in [1.807, 2.05) is 41.5 Å². The number of rotatable bonds is 12. The lowest BCUT2D eigenvalue weighted by molar-refractivity contribution is 0.00189. The molecule has 0 fully saturated rings. The van der Waals surface area contributed by atoms with Crippen LogP contribution in [-0.2, 0) is 13.1 Å². The van der Waals surface area contributed by atoms with Gasteiger partial charge < -0.3 is 31.5 Å². The molecule has 0 saturated heterocycles. The minimum atomic E-state index is -0.840. The van der Waals surface area contributed by atoms with Crippen LogP contribution in [0.25, 0.3) is 0 Å². The van der Waals surface area contributed by atoms with Crippen LogP contribution in [-0.4, -0.2) is 55.2 Å². The Hall–Kier alpha value is -3.00. The molecule has 0 radical (unpaired) electrons. The Bertz CT molecular complexity index is 1210. The topological polar surface area (TPSA) is 153 Å². The molecule has 12 nitrogen and oxygen atoms in total. The molecule has 0 saturated carbocycles. The second kappa shape index (κ2) is 12.0. The van der Waals surface area contributed by atoms with Crippen LogP contribution in [0.4, 0.5) is 0 Å². The molecule has 6 N–H and O–H groups in total. The third-order valence-corrected chi connectivity index (χ3v) is 8.26. The molecule has 2 aromatic rings. The monoisotopic (exact) mass is 584 g/mol. The molecular weight excluding hydrogens is 540 g/mol. The third-order valence-electron chi connectivity index (χ3n) is 7.79. The molecule has 220 valence electrons. The number of nitrogens with zero attached hydrogens (tertiary/aromatic N) is 6. The number of aryl methyl sites for hydroxylation is 2. The van der Waals surface area contributed by atoms with E-state index in [2.05, 4.69) is 0 Å². The lowest BCUT2D eigenvalue weighted by atomic mass is 9.84. The number of thiocarbonyl (C=S) groups is 2. The fraction of sp³-hybridized carbons (Fsp3) is 0.680. The van der Waals surface area contributed by atoms with E-state index in [-0.39, 0.29) is 28.7 Å². The Kier molecular flexibility index (Phi) is 9.93. The summed E-state index contributed by atoms with van der Waals surface area (Å²) in [4.78, 5) is 29.9. The van der Waals surface area contributed by atoms with E-state index in [0.717, 1.165) is 0 Å². The average molecular weight is 585 g/mol. The summed E-state index contributed by atoms with van der Waals surface area (Å²) in [5.74, 6) is -0.480. The van der Waals surface area contributed by atoms with Crippen molar-refractivity contribution >= 4 is 34.7 Å². The standard InChI is InChI=1S/C25H44N8O4S2/c1-9-24(5,6)18(32-16(34)13-28(11-3)22(32)36)30(20(26)38)15-31(21(27)39)19(25(7,8)10-2)33-17(35)14-29(12-4)23(33)37/h13-14,18-19,34-35H,9-12,15H2,1-8H3,(H2,26,38)(H2,27,39). The maximum Gasteiger partial charge on any atom is 0.332 e. The van der Waals surface area contributed by atoms with E-state index in [1.54, 1.807) is 23.6 Å². The molecule has 0 bridgehead atoms. The van der Waals surface area contributed by atoms with Gasteiger partial charge >= 0.3 is 11.4 Å². The first kappa shape index (κ1) is 32.2. The Morgan fingerprint density at radius 2 is 1.10 bits per heavy atom. The molecular formula is C25H44N8O4S2. The molecule has 0 spiro atoms. The minimum Gasteiger partial charge on any atom is -0.493 e. The van der Waals surface area contributed by atoms with E-state index in [4.69, 9.17) is 35.9 Å². The lowest BCUT2D eigenvalue weighted by Gasteiger charge is -2.48. The highest BCUT2D eigenvalue weighted by Crippen LogP contribution is 2.42. The molecule has 0 aromatic carbocycles. The molecule has 2 rings (SSSR count). The average Bonchev–Trinajstić information content (AvgIpc) is 3.31. The van der Waals surface area contributed by atoms with Crippen molar-refractivity contribution in [1.29, 1.82) is 0 Å². The van der Waals surface area contributed by atoms with Gasteiger partial charge in [0.05, 0.1) is 19.1 Å². The van der Waals surface area contributed by atoms with Crippen LogP contribution < -0.4 is 22.8 Å². The number of imidazole rings is 2. The summed E-state index contributed by atoms with van der Waals surface area (Å²) in [7, 11) is 0. The Morgan fingerprint density at radius 3 is 1.31 bits per heavy atom. The summed E-state index contributed by atoms with van der Waals surface area (Å²) in [6.45, 7) is 15.9. The molecule has 2 aromatic heterocycles. The van der Waals surface area contributed by atoms with Crippen LogP contribution in [0.1, 0.15) is 80.6 Å². The summed E-state index contributed by atoms with van der Waals surface area (Å²) < 4.78 is 5.32. The lowest BCUT2D eigenvalue weighted by Crippen LogP contribution is -2.58. The highest BCUT2D eigenvalue weighted by atomic mass is 32.1. The minimum absolute atomic E-state index is 0.0610. The van der Waals surface area contributed by atoms with Crippen LogP contribution >= 0.6 is 24.4 Å². The second-order valence-corrected chi connectivity index (χ2v) is 11.9. The van der Waals surface area contributed by atoms with Crippen molar-refractivity contribution in [3.8, 4) is 11.8 Å². The zero-order chi connectivity index (χ0) is 30.0. The SMILES string of the molecule is CCn1cc(O)n(C(N(CN(C(N)=S)C(n2c(O)cn(CC)c2=O)C(C)(C)CC)C(N)=S)C(C)(C)CC)c1=O. The summed E-state index contributed by atoms with van der Waals surface area (Å²) >= 11 is 11.0. The summed E-state index contributed by atoms with van der Waals surface area (Å²) in [5.41, 5.74) is 10.5. The van der Waals surface area contributed by atoms with Gasteiger partial charge in [0.2, 0.25) is 11.8 Å². The van der Waals surface area contributed by atoms with Gasteiger partial charge in [0.1, 0.15) is 12.3 Å². The number of aromatic hydroxyl groups is 2. The maximum absolute atomic E-state index is 13.4. The van der Waals surface area contributed by atoms with Crippen molar-refractivity contribution < 1.29 is 10.2 Å². The summed E-state index contributed by atoms with van der Waals surface area (Å²) in [6.07, 6.45) is 2.25. The van der Waals surface area contributed by atoms with E-state index in [0.29, 0.717) is 25.9 Å². The Morgan fingerprint density at radius 1 is 0.795 bits per heavy atom. The molecule has 0 aliphatic heterocycles. The number of aromatic nitrogens is 4. The summed E-state index contributed by atoms with van der Waals surface area (Å²) in [6, 6.07) is 0. The molecule has 2 heterocycles. The van der Waals surface area contributed by atoms with Gasteiger partial charge in [-0.2, -0.15) is 0 Å². The van der Waals surface area contributed by atoms with E-state index < -0.39 is 34.5 Å². The van der Waals surface area contributed by atoms with E-state index in [1.165, 1.54) is 30.7 Å². The molecule has 0 aliphatic rings. The first-order valence-electron chi connectivity index (χ1n) is 13.1. The van der Waals surface area contributed by atoms with Crippen LogP contribution in [0.15, 0.2) is 22.0 Å². The summed E-state index contributed by atoms with van der Waals surface area (Å²) in [5, 5.41) is 21.7. The highest BCUT2D eigenvalue weighted by Gasteiger charge is 2.43. The molecule has 0 aliphatic carbocycles. The van der Waals surface area contributed by atoms with Crippen LogP contribution in [0.5, 0.6) is 11.8 Å². The molecule has 0 amide bonds. The number of hydrogen-bond acceptors (Lipinski definition) is 6. The van der Waals surface area contributed by atoms with Gasteiger partial charge in [-0.25, -0.2) is 18.7 Å². The predicted octanol–water partition coefficient (Wildman–Crippen LogP) is 2.68. The van der Waals surface area contributed by atoms with Gasteiger partial charge in [-0.1, -0.05) is 41.5 Å². The van der Waals surface area contributed by atoms with Gasteiger partial charge in [0.25, 0.3) is 0 Å². The second-order valence-electron chi connectivity index (χ2n) is 11.0. The smallest absolute Gasteiger partial charge is 0.332 e. The van der Waals surface area contributed by atoms with E-state index >= 15 is 0 Å². The van der Waals surface area contributed by atoms with Crippen molar-refractivity contribution in [3.63, 3.8) is 0 Å². The van der Waals surface area contributed by atoms with Gasteiger partial charge in [0.15, 0.2) is 10.2 Å². The van der Waals surface area contributed by atoms with Gasteiger partial charge in [0, 0.05) is 23.9 Å². The van der Waals surface area contributed by atoms with E-state index in [9.17, 15) is 19.8 Å². The zero-order valence-corrected chi connectivity index (χ0v) is 25.8. The third kappa shape index (κ3) is 6.11. The fourth-order valence-corrected chi connectivity index (χ4v) is 5.10. The zero-order valence-electron chi connectivity index (χ0n) is 24.2. The van der Waals surface area contributed by atoms with Crippen molar-refractivity contribution in [2.75, 3.05) is 6.67 Å². The predicted molar refractivity (Wildman–Crippen MR) is 160 cm³/mol. The van der Waals surface area contributed by atoms with Crippen LogP contribution in [0.2, 0.25) is 0 Å². The van der Waals surface area contributed by atoms with Crippen LogP contribution in [0, 0.1) is 10.8 Å². The van der Waals surface area contributed by atoms with Crippen molar-refractivity contribution in [2.24, 2.45) is 22.3 Å². The van der Waals surface area contributed by atoms with Crippen LogP contribution in [0.3, 0.4) is 0 Å². The quantitative estimate of drug-likeness (QED) is 0.216. The molecule has 39 heavy (non-hydrogen) atoms. The fourth-order valence-electron chi connectivity index (χ4n) is 4.79. The Labute approximate surface area is 240 Å². The number of nitrogens with two attached hydrogens (primary N) is 2. The van der Waals surface area contributed by atoms with Gasteiger partial charge in [-0.3, -0.25) is 9.13 Å². The molecule has 2 unspecified atom stereocenters. The van der Waals surface area contributed by atoms with Crippen molar-refractivity contribution in [3.05, 3.63) is 33.4 Å². The van der Waals surface area contributed by atoms with Crippen molar-refractivity contribution in [1.82, 2.24) is 28.1 Å². The molecule has 2 atom stereocenters. The number of hydrogen-bond donors (Lipinski definition) is 4. The first-order chi connectivity index (χ1) is 18.0. The normalized spacial score (nSPS) is 13.7. The maximum atomic E-state index is 13.4.